The van der Waals surface area contributed by atoms with Gasteiger partial charge in [-0.2, -0.15) is 4.98 Å². The van der Waals surface area contributed by atoms with Crippen LogP contribution in [0.3, 0.4) is 0 Å². The van der Waals surface area contributed by atoms with E-state index in [0.717, 1.165) is 10.9 Å². The maximum Gasteiger partial charge on any atom is 0.325 e. The van der Waals surface area contributed by atoms with Crippen molar-refractivity contribution >= 4 is 52.5 Å². The van der Waals surface area contributed by atoms with Crippen LogP contribution in [-0.4, -0.2) is 99.1 Å². The molecule has 0 amide bonds. The molecule has 2 saturated heterocycles. The lowest BCUT2D eigenvalue weighted by molar-refractivity contribution is -0.0552. The van der Waals surface area contributed by atoms with Gasteiger partial charge in [-0.1, -0.05) is 0 Å². The molecule has 9 atom stereocenters. The fourth-order valence-electron chi connectivity index (χ4n) is 4.92. The van der Waals surface area contributed by atoms with Gasteiger partial charge in [0.1, 0.15) is 42.2 Å². The first-order valence-electron chi connectivity index (χ1n) is 12.3. The number of nitrogens with zero attached hydrogens (tertiary/aromatic N) is 6. The molecule has 21 heteroatoms. The van der Waals surface area contributed by atoms with Gasteiger partial charge < -0.3 is 45.1 Å². The van der Waals surface area contributed by atoms with Crippen molar-refractivity contribution in [1.29, 1.82) is 0 Å². The number of anilines is 2. The van der Waals surface area contributed by atoms with E-state index in [1.54, 1.807) is 6.07 Å². The normalized spacial score (nSPS) is 31.3. The third-order valence-corrected chi connectivity index (χ3v) is 8.49. The van der Waals surface area contributed by atoms with Crippen LogP contribution in [0.5, 0.6) is 0 Å². The number of nitrogens with one attached hydrogen (secondary N) is 1. The summed E-state index contributed by atoms with van der Waals surface area (Å²) in [5.74, 6) is -0.0801. The summed E-state index contributed by atoms with van der Waals surface area (Å²) in [6.45, 7) is -5.73. The molecule has 17 nitrogen and oxygen atoms in total. The first kappa shape index (κ1) is 28.9. The number of aliphatic hydroxyl groups is 2. The number of imidazole rings is 1. The molecule has 0 aromatic carbocycles. The lowest BCUT2D eigenvalue weighted by Crippen LogP contribution is -2.33. The molecule has 226 valence electrons. The lowest BCUT2D eigenvalue weighted by Gasteiger charge is -2.26. The van der Waals surface area contributed by atoms with Crippen molar-refractivity contribution in [2.75, 3.05) is 24.7 Å². The van der Waals surface area contributed by atoms with Gasteiger partial charge in [0, 0.05) is 6.20 Å². The number of rotatable bonds is 8. The Hall–Kier alpha value is -3.20. The van der Waals surface area contributed by atoms with Crippen LogP contribution < -0.4 is 17.0 Å². The highest BCUT2D eigenvalue weighted by molar-refractivity contribution is 8.07. The van der Waals surface area contributed by atoms with Crippen LogP contribution in [0.1, 0.15) is 12.5 Å². The van der Waals surface area contributed by atoms with Crippen molar-refractivity contribution in [3.05, 3.63) is 35.3 Å². The van der Waals surface area contributed by atoms with Crippen molar-refractivity contribution in [2.24, 2.45) is 0 Å². The molecule has 6 heterocycles. The van der Waals surface area contributed by atoms with Gasteiger partial charge in [-0.15, -0.1) is 0 Å². The third-order valence-electron chi connectivity index (χ3n) is 6.93. The van der Waals surface area contributed by atoms with E-state index in [0.29, 0.717) is 5.39 Å². The predicted octanol–water partition coefficient (Wildman–Crippen LogP) is -0.828. The number of ether oxygens (including phenoxy) is 2. The molecule has 2 fully saturated rings. The molecule has 2 aliphatic rings. The third kappa shape index (κ3) is 4.93. The van der Waals surface area contributed by atoms with Crippen LogP contribution in [0, 0.1) is 0 Å². The van der Waals surface area contributed by atoms with Crippen molar-refractivity contribution in [3.63, 3.8) is 0 Å². The van der Waals surface area contributed by atoms with E-state index in [2.05, 4.69) is 24.9 Å². The Kier molecular flexibility index (Phi) is 7.44. The minimum Gasteiger partial charge on any atom is -0.394 e. The van der Waals surface area contributed by atoms with Gasteiger partial charge in [0.2, 0.25) is 5.95 Å². The van der Waals surface area contributed by atoms with Gasteiger partial charge in [-0.3, -0.25) is 18.9 Å². The van der Waals surface area contributed by atoms with Crippen molar-refractivity contribution in [1.82, 2.24) is 34.1 Å². The number of nitrogen functional groups attached to an aromatic ring is 2. The average Bonchev–Trinajstić information content (AvgIpc) is 3.69. The number of aliphatic hydroxyl groups excluding tert-OH is 2. The number of halogens is 2. The summed E-state index contributed by atoms with van der Waals surface area (Å²) in [6.07, 6.45) is -9.04. The van der Waals surface area contributed by atoms with Crippen LogP contribution in [0.25, 0.3) is 22.2 Å². The highest BCUT2D eigenvalue weighted by atomic mass is 32.5. The molecular weight excluding hydrogens is 607 g/mol. The smallest absolute Gasteiger partial charge is 0.325 e. The molecule has 42 heavy (non-hydrogen) atoms. The van der Waals surface area contributed by atoms with E-state index < -0.39 is 74.7 Å². The number of nitrogens with two attached hydrogens (primary N) is 2. The van der Waals surface area contributed by atoms with Gasteiger partial charge in [-0.25, -0.2) is 23.7 Å². The molecule has 2 aliphatic heterocycles. The van der Waals surface area contributed by atoms with Crippen molar-refractivity contribution in [3.8, 4) is 0 Å². The van der Waals surface area contributed by atoms with Crippen LogP contribution in [0.4, 0.5) is 20.5 Å². The summed E-state index contributed by atoms with van der Waals surface area (Å²) in [6, 6.07) is 1.56. The molecule has 4 aromatic rings. The van der Waals surface area contributed by atoms with E-state index in [1.807, 2.05) is 0 Å². The molecular formula is C21H24F2N9O8PS. The molecule has 4 aromatic heterocycles. The van der Waals surface area contributed by atoms with Crippen molar-refractivity contribution < 1.29 is 42.4 Å². The first-order valence-corrected chi connectivity index (χ1v) is 14.9. The van der Waals surface area contributed by atoms with E-state index >= 15 is 8.78 Å². The summed E-state index contributed by atoms with van der Waals surface area (Å²) in [5, 5.41) is 20.6. The Morgan fingerprint density at radius 3 is 2.64 bits per heavy atom. The van der Waals surface area contributed by atoms with Crippen LogP contribution >= 0.6 is 6.72 Å². The molecule has 0 spiro atoms. The number of aromatic nitrogens is 7. The number of hydrogen-bond donors (Lipinski definition) is 6. The van der Waals surface area contributed by atoms with E-state index in [1.165, 1.54) is 17.1 Å². The zero-order valence-corrected chi connectivity index (χ0v) is 22.9. The van der Waals surface area contributed by atoms with Crippen molar-refractivity contribution in [2.45, 2.75) is 49.2 Å². The minimum absolute atomic E-state index is 0.0835. The Bertz CT molecular complexity index is 1740. The maximum absolute atomic E-state index is 15.3. The Morgan fingerprint density at radius 2 is 1.88 bits per heavy atom. The molecule has 8 N–H and O–H groups in total. The number of aromatic amines is 1. The summed E-state index contributed by atoms with van der Waals surface area (Å²) < 4.78 is 54.9. The fraction of sp³-hybridized carbons (Fsp3) is 0.476. The standard InChI is InChI=1S/C21H24F2N9O8PS/c22-10-8(3-33)38-20(32-6-28-12-17(32)29-21(25)30-18(12)35)14(10)40-41(36,42)37-4-9-13(34)11(23)19(39-9)31-2-1-7-15(24)26-5-27-16(7)31/h1-2,5-6,8-11,13-14,19-20,33-34H,3-4H2,(H,36,42)(H2,24,26,27)(H3,25,29,30,35)/t8-,9-,10-,11+,13-,14-,19?,20-,41?/m1/s1. The largest absolute Gasteiger partial charge is 0.394 e. The number of fused-ring (bicyclic) bond motifs is 2. The zero-order valence-electron chi connectivity index (χ0n) is 21.2. The number of H-pyrrole nitrogens is 1. The predicted molar refractivity (Wildman–Crippen MR) is 143 cm³/mol. The van der Waals surface area contributed by atoms with Gasteiger partial charge >= 0.3 is 6.72 Å². The highest BCUT2D eigenvalue weighted by Gasteiger charge is 2.50. The summed E-state index contributed by atoms with van der Waals surface area (Å²) in [7, 11) is 0. The second kappa shape index (κ2) is 10.8. The fourth-order valence-corrected chi connectivity index (χ4v) is 6.33. The summed E-state index contributed by atoms with van der Waals surface area (Å²) in [4.78, 5) is 41.2. The molecule has 2 unspecified atom stereocenters. The van der Waals surface area contributed by atoms with Gasteiger partial charge in [-0.05, 0) is 17.9 Å². The number of hydrogen-bond acceptors (Lipinski definition) is 14. The van der Waals surface area contributed by atoms with E-state index in [9.17, 15) is 19.9 Å². The SMILES string of the molecule is Nc1nc2c(ncn2[C@@H]2O[C@H](CO)[C@@H](F)[C@H]2OP(O)(=S)OC[C@H]2OC(n3ccc4c(N)ncnc43)[C@@H](F)[C@@H]2O)c(=O)[nH]1. The van der Waals surface area contributed by atoms with Crippen LogP contribution in [-0.2, 0) is 30.3 Å². The Morgan fingerprint density at radius 1 is 1.12 bits per heavy atom. The average molecular weight is 632 g/mol. The van der Waals surface area contributed by atoms with Crippen LogP contribution in [0.15, 0.2) is 29.7 Å². The monoisotopic (exact) mass is 631 g/mol. The van der Waals surface area contributed by atoms with Crippen LogP contribution in [0.2, 0.25) is 0 Å². The second-order valence-electron chi connectivity index (χ2n) is 9.52. The molecule has 0 saturated carbocycles. The number of alkyl halides is 2. The van der Waals surface area contributed by atoms with E-state index in [-0.39, 0.29) is 28.6 Å². The topological polar surface area (TPSA) is 244 Å². The quantitative estimate of drug-likeness (QED) is 0.130. The van der Waals surface area contributed by atoms with E-state index in [4.69, 9.17) is 41.8 Å². The molecule has 0 aliphatic carbocycles. The summed E-state index contributed by atoms with van der Waals surface area (Å²) in [5.41, 5.74) is 10.8. The molecule has 0 radical (unpaired) electrons. The first-order chi connectivity index (χ1) is 20.0. The minimum atomic E-state index is -4.33. The maximum atomic E-state index is 15.3. The lowest BCUT2D eigenvalue weighted by atomic mass is 10.1. The Balaban J connectivity index is 1.19. The summed E-state index contributed by atoms with van der Waals surface area (Å²) >= 11 is 5.07. The molecule has 6 rings (SSSR count). The second-order valence-corrected chi connectivity index (χ2v) is 12.3. The Labute approximate surface area is 238 Å². The van der Waals surface area contributed by atoms with Gasteiger partial charge in [0.05, 0.1) is 24.9 Å². The highest BCUT2D eigenvalue weighted by Crippen LogP contribution is 2.51. The zero-order chi connectivity index (χ0) is 29.9. The van der Waals surface area contributed by atoms with Gasteiger partial charge in [0.25, 0.3) is 5.56 Å². The molecule has 0 bridgehead atoms. The van der Waals surface area contributed by atoms with Gasteiger partial charge in [0.15, 0.2) is 36.0 Å².